The van der Waals surface area contributed by atoms with Crippen molar-refractivity contribution in [1.29, 1.82) is 5.26 Å². The number of benzene rings is 4. The molecule has 0 atom stereocenters. The Morgan fingerprint density at radius 3 is 2.44 bits per heavy atom. The molecular formula is C30H24ClF3N2O3. The van der Waals surface area contributed by atoms with Crippen molar-refractivity contribution >= 4 is 11.6 Å². The summed E-state index contributed by atoms with van der Waals surface area (Å²) in [5.41, 5.74) is 1.83. The average Bonchev–Trinajstić information content (AvgIpc) is 2.94. The lowest BCUT2D eigenvalue weighted by molar-refractivity contribution is 0.281. The van der Waals surface area contributed by atoms with Crippen LogP contribution in [0.1, 0.15) is 22.3 Å². The van der Waals surface area contributed by atoms with E-state index in [-0.39, 0.29) is 47.3 Å². The van der Waals surface area contributed by atoms with Crippen molar-refractivity contribution in [2.45, 2.75) is 19.8 Å². The molecule has 0 aliphatic carbocycles. The molecule has 0 fully saturated rings. The first-order valence-corrected chi connectivity index (χ1v) is 12.4. The maximum Gasteiger partial charge on any atom is 0.142 e. The Balaban J connectivity index is 1.57. The number of halogens is 4. The molecule has 0 unspecified atom stereocenters. The SMILES string of the molecule is N#Cc1cccc(COc2cc(OCc3cccc(-c4cc(F)ccc4F)c3F)c(Cl)cc2CNCCO)c1. The molecule has 4 rings (SSSR count). The monoisotopic (exact) mass is 552 g/mol. The van der Waals surface area contributed by atoms with Gasteiger partial charge in [-0.25, -0.2) is 13.2 Å². The number of aliphatic hydroxyl groups excluding tert-OH is 1. The van der Waals surface area contributed by atoms with Gasteiger partial charge in [-0.15, -0.1) is 0 Å². The van der Waals surface area contributed by atoms with Crippen LogP contribution < -0.4 is 14.8 Å². The fourth-order valence-corrected chi connectivity index (χ4v) is 4.15. The normalized spacial score (nSPS) is 10.8. The van der Waals surface area contributed by atoms with Crippen molar-refractivity contribution in [3.05, 3.63) is 118 Å². The summed E-state index contributed by atoms with van der Waals surface area (Å²) in [6, 6.07) is 19.6. The molecule has 0 heterocycles. The van der Waals surface area contributed by atoms with E-state index < -0.39 is 17.5 Å². The van der Waals surface area contributed by atoms with E-state index in [1.807, 2.05) is 6.07 Å². The van der Waals surface area contributed by atoms with Crippen LogP contribution in [0.2, 0.25) is 5.02 Å². The molecule has 0 amide bonds. The lowest BCUT2D eigenvalue weighted by Gasteiger charge is -2.17. The van der Waals surface area contributed by atoms with Gasteiger partial charge in [-0.05, 0) is 42.0 Å². The molecule has 200 valence electrons. The summed E-state index contributed by atoms with van der Waals surface area (Å²) in [6.07, 6.45) is 0. The second kappa shape index (κ2) is 13.2. The third kappa shape index (κ3) is 7.09. The smallest absolute Gasteiger partial charge is 0.142 e. The zero-order chi connectivity index (χ0) is 27.8. The van der Waals surface area contributed by atoms with E-state index in [1.54, 1.807) is 30.3 Å². The van der Waals surface area contributed by atoms with Crippen LogP contribution in [0, 0.1) is 28.8 Å². The number of rotatable bonds is 11. The zero-order valence-corrected chi connectivity index (χ0v) is 21.4. The molecule has 4 aromatic rings. The minimum absolute atomic E-state index is 0.0454. The van der Waals surface area contributed by atoms with Crippen LogP contribution in [0.25, 0.3) is 11.1 Å². The fraction of sp³-hybridized carbons (Fsp3) is 0.167. The van der Waals surface area contributed by atoms with Crippen LogP contribution in [-0.4, -0.2) is 18.3 Å². The number of hydrogen-bond acceptors (Lipinski definition) is 5. The summed E-state index contributed by atoms with van der Waals surface area (Å²) >= 11 is 6.46. The molecule has 0 radical (unpaired) electrons. The Bertz CT molecular complexity index is 1510. The van der Waals surface area contributed by atoms with Crippen LogP contribution in [0.3, 0.4) is 0 Å². The van der Waals surface area contributed by atoms with Gasteiger partial charge in [0.2, 0.25) is 0 Å². The van der Waals surface area contributed by atoms with Crippen LogP contribution >= 0.6 is 11.6 Å². The highest BCUT2D eigenvalue weighted by Crippen LogP contribution is 2.35. The van der Waals surface area contributed by atoms with E-state index in [9.17, 15) is 8.78 Å². The molecule has 4 aromatic carbocycles. The molecule has 9 heteroatoms. The highest BCUT2D eigenvalue weighted by molar-refractivity contribution is 6.32. The first-order chi connectivity index (χ1) is 18.9. The first kappa shape index (κ1) is 28.0. The van der Waals surface area contributed by atoms with Crippen molar-refractivity contribution in [3.8, 4) is 28.7 Å². The van der Waals surface area contributed by atoms with E-state index in [1.165, 1.54) is 18.2 Å². The van der Waals surface area contributed by atoms with Crippen LogP contribution in [0.4, 0.5) is 13.2 Å². The maximum atomic E-state index is 15.3. The van der Waals surface area contributed by atoms with Crippen molar-refractivity contribution in [2.75, 3.05) is 13.2 Å². The summed E-state index contributed by atoms with van der Waals surface area (Å²) in [5.74, 6) is -1.50. The Labute approximate surface area is 229 Å². The summed E-state index contributed by atoms with van der Waals surface area (Å²) < 4.78 is 55.1. The van der Waals surface area contributed by atoms with Crippen LogP contribution in [0.15, 0.2) is 72.8 Å². The van der Waals surface area contributed by atoms with Gasteiger partial charge in [-0.3, -0.25) is 0 Å². The van der Waals surface area contributed by atoms with E-state index >= 15 is 4.39 Å². The topological polar surface area (TPSA) is 74.5 Å². The Morgan fingerprint density at radius 2 is 1.64 bits per heavy atom. The number of nitrogens with zero attached hydrogens (tertiary/aromatic N) is 1. The third-order valence-electron chi connectivity index (χ3n) is 5.85. The summed E-state index contributed by atoms with van der Waals surface area (Å²) in [4.78, 5) is 0. The minimum Gasteiger partial charge on any atom is -0.488 e. The summed E-state index contributed by atoms with van der Waals surface area (Å²) in [5, 5.41) is 21.6. The van der Waals surface area contributed by atoms with Crippen molar-refractivity contribution in [2.24, 2.45) is 0 Å². The quantitative estimate of drug-likeness (QED) is 0.207. The van der Waals surface area contributed by atoms with Gasteiger partial charge in [0, 0.05) is 41.4 Å². The first-order valence-electron chi connectivity index (χ1n) is 12.0. The summed E-state index contributed by atoms with van der Waals surface area (Å²) in [7, 11) is 0. The fourth-order valence-electron chi connectivity index (χ4n) is 3.91. The van der Waals surface area contributed by atoms with Gasteiger partial charge >= 0.3 is 0 Å². The standard InChI is InChI=1S/C30H24ClF3N2O3/c31-26-12-22(16-36-9-10-37)28(38-17-20-4-1-3-19(11-20)15-35)14-29(26)39-18-21-5-2-6-24(30(21)34)25-13-23(32)7-8-27(25)33/h1-8,11-14,36-37H,9-10,16-18H2. The molecule has 5 nitrogen and oxygen atoms in total. The lowest BCUT2D eigenvalue weighted by atomic mass is 10.0. The highest BCUT2D eigenvalue weighted by Gasteiger charge is 2.17. The van der Waals surface area contributed by atoms with Crippen molar-refractivity contribution < 1.29 is 27.8 Å². The van der Waals surface area contributed by atoms with Gasteiger partial charge in [0.1, 0.15) is 42.2 Å². The number of nitriles is 1. The molecule has 0 saturated carbocycles. The van der Waals surface area contributed by atoms with Crippen molar-refractivity contribution in [1.82, 2.24) is 5.32 Å². The molecule has 0 spiro atoms. The molecule has 2 N–H and O–H groups in total. The van der Waals surface area contributed by atoms with E-state index in [2.05, 4.69) is 11.4 Å². The predicted octanol–water partition coefficient (Wildman–Crippen LogP) is 6.54. The molecular weight excluding hydrogens is 529 g/mol. The third-order valence-corrected chi connectivity index (χ3v) is 6.15. The van der Waals surface area contributed by atoms with E-state index in [0.717, 1.165) is 23.8 Å². The van der Waals surface area contributed by atoms with Gasteiger partial charge in [-0.1, -0.05) is 41.9 Å². The molecule has 0 aliphatic rings. The van der Waals surface area contributed by atoms with E-state index in [0.29, 0.717) is 30.0 Å². The largest absolute Gasteiger partial charge is 0.488 e. The van der Waals surface area contributed by atoms with Gasteiger partial charge in [-0.2, -0.15) is 5.26 Å². The van der Waals surface area contributed by atoms with Gasteiger partial charge in [0.15, 0.2) is 0 Å². The maximum absolute atomic E-state index is 15.3. The van der Waals surface area contributed by atoms with Crippen LogP contribution in [0.5, 0.6) is 11.5 Å². The summed E-state index contributed by atoms with van der Waals surface area (Å²) in [6.45, 7) is 0.600. The van der Waals surface area contributed by atoms with Gasteiger partial charge in [0.25, 0.3) is 0 Å². The molecule has 0 aliphatic heterocycles. The Kier molecular flexibility index (Phi) is 9.45. The minimum atomic E-state index is -0.746. The number of hydrogen-bond donors (Lipinski definition) is 2. The molecule has 39 heavy (non-hydrogen) atoms. The Morgan fingerprint density at radius 1 is 0.846 bits per heavy atom. The average molecular weight is 553 g/mol. The lowest BCUT2D eigenvalue weighted by Crippen LogP contribution is -2.18. The number of aliphatic hydroxyl groups is 1. The molecule has 0 saturated heterocycles. The van der Waals surface area contributed by atoms with Gasteiger partial charge < -0.3 is 19.9 Å². The van der Waals surface area contributed by atoms with Crippen molar-refractivity contribution in [3.63, 3.8) is 0 Å². The van der Waals surface area contributed by atoms with Crippen LogP contribution in [-0.2, 0) is 19.8 Å². The second-order valence-corrected chi connectivity index (χ2v) is 8.99. The number of ether oxygens (including phenoxy) is 2. The Hall–Kier alpha value is -4.03. The predicted molar refractivity (Wildman–Crippen MR) is 142 cm³/mol. The molecule has 0 aromatic heterocycles. The zero-order valence-electron chi connectivity index (χ0n) is 20.7. The number of nitrogens with one attached hydrogen (secondary N) is 1. The van der Waals surface area contributed by atoms with Gasteiger partial charge in [0.05, 0.1) is 23.3 Å². The molecule has 0 bridgehead atoms. The highest BCUT2D eigenvalue weighted by atomic mass is 35.5. The van der Waals surface area contributed by atoms with E-state index in [4.69, 9.17) is 31.4 Å². The second-order valence-electron chi connectivity index (χ2n) is 8.58.